The molecule has 2 rings (SSSR count). The Morgan fingerprint density at radius 2 is 1.95 bits per heavy atom. The summed E-state index contributed by atoms with van der Waals surface area (Å²) in [6.45, 7) is 7.61. The largest absolute Gasteiger partial charge is 0.386 e. The predicted octanol–water partition coefficient (Wildman–Crippen LogP) is 1.35. The molecule has 0 amide bonds. The van der Waals surface area contributed by atoms with Crippen molar-refractivity contribution in [1.29, 1.82) is 0 Å². The Balaban J connectivity index is 2.19. The van der Waals surface area contributed by atoms with Crippen LogP contribution in [0.25, 0.3) is 0 Å². The normalized spacial score (nSPS) is 12.8. The van der Waals surface area contributed by atoms with Gasteiger partial charge < -0.3 is 5.11 Å². The predicted molar refractivity (Wildman–Crippen MR) is 71.6 cm³/mol. The quantitative estimate of drug-likeness (QED) is 0.854. The Bertz CT molecular complexity index is 531. The van der Waals surface area contributed by atoms with E-state index in [0.29, 0.717) is 6.42 Å². The Hall–Kier alpha value is -1.69. The van der Waals surface area contributed by atoms with Crippen molar-refractivity contribution in [2.24, 2.45) is 0 Å². The van der Waals surface area contributed by atoms with E-state index in [0.717, 1.165) is 36.7 Å². The van der Waals surface area contributed by atoms with Crippen LogP contribution in [0.1, 0.15) is 44.1 Å². The third kappa shape index (κ3) is 2.84. The van der Waals surface area contributed by atoms with E-state index in [1.54, 1.807) is 4.68 Å². The van der Waals surface area contributed by atoms with Gasteiger partial charge in [-0.25, -0.2) is 4.98 Å². The van der Waals surface area contributed by atoms with Crippen LogP contribution in [-0.2, 0) is 25.9 Å². The van der Waals surface area contributed by atoms with Gasteiger partial charge in [-0.1, -0.05) is 6.92 Å². The summed E-state index contributed by atoms with van der Waals surface area (Å²) in [5, 5.41) is 19.0. The lowest BCUT2D eigenvalue weighted by atomic mass is 10.1. The molecule has 1 unspecified atom stereocenters. The molecule has 19 heavy (non-hydrogen) atoms. The van der Waals surface area contributed by atoms with Crippen molar-refractivity contribution in [2.45, 2.75) is 52.8 Å². The molecule has 0 saturated heterocycles. The maximum Gasteiger partial charge on any atom is 0.138 e. The maximum atomic E-state index is 10.4. The highest BCUT2D eigenvalue weighted by molar-refractivity contribution is 5.14. The zero-order chi connectivity index (χ0) is 13.8. The molecule has 1 N–H and O–H groups in total. The van der Waals surface area contributed by atoms with E-state index in [1.807, 2.05) is 24.6 Å². The van der Waals surface area contributed by atoms with Gasteiger partial charge in [0.15, 0.2) is 0 Å². The third-order valence-corrected chi connectivity index (χ3v) is 3.24. The molecule has 0 aliphatic heterocycles. The highest BCUT2D eigenvalue weighted by Crippen LogP contribution is 2.19. The molecule has 0 fully saturated rings. The number of aliphatic hydroxyl groups excluding tert-OH is 1. The number of hydrogen-bond donors (Lipinski definition) is 1. The van der Waals surface area contributed by atoms with Crippen LogP contribution in [0.15, 0.2) is 12.4 Å². The zero-order valence-corrected chi connectivity index (χ0v) is 11.7. The van der Waals surface area contributed by atoms with Gasteiger partial charge in [-0.2, -0.15) is 10.2 Å². The SMILES string of the molecule is CCc1cc(C(O)Cc2ncnn2CC)n(CC)n1. The Morgan fingerprint density at radius 3 is 2.58 bits per heavy atom. The highest BCUT2D eigenvalue weighted by Gasteiger charge is 2.17. The summed E-state index contributed by atoms with van der Waals surface area (Å²) in [7, 11) is 0. The second kappa shape index (κ2) is 5.97. The highest BCUT2D eigenvalue weighted by atomic mass is 16.3. The number of aromatic nitrogens is 5. The van der Waals surface area contributed by atoms with Crippen LogP contribution >= 0.6 is 0 Å². The number of rotatable bonds is 6. The van der Waals surface area contributed by atoms with E-state index in [4.69, 9.17) is 0 Å². The van der Waals surface area contributed by atoms with Gasteiger partial charge in [-0.15, -0.1) is 0 Å². The molecule has 2 aromatic heterocycles. The van der Waals surface area contributed by atoms with Crippen LogP contribution in [-0.4, -0.2) is 29.7 Å². The average molecular weight is 263 g/mol. The summed E-state index contributed by atoms with van der Waals surface area (Å²) >= 11 is 0. The van der Waals surface area contributed by atoms with Gasteiger partial charge in [0, 0.05) is 19.5 Å². The van der Waals surface area contributed by atoms with Crippen LogP contribution in [0.5, 0.6) is 0 Å². The van der Waals surface area contributed by atoms with Crippen LogP contribution < -0.4 is 0 Å². The van der Waals surface area contributed by atoms with Gasteiger partial charge >= 0.3 is 0 Å². The molecule has 0 spiro atoms. The first-order chi connectivity index (χ1) is 9.19. The van der Waals surface area contributed by atoms with Gasteiger partial charge in [0.25, 0.3) is 0 Å². The molecule has 2 heterocycles. The van der Waals surface area contributed by atoms with Crippen molar-refractivity contribution in [3.05, 3.63) is 29.6 Å². The maximum absolute atomic E-state index is 10.4. The summed E-state index contributed by atoms with van der Waals surface area (Å²) < 4.78 is 3.66. The molecule has 0 bridgehead atoms. The van der Waals surface area contributed by atoms with Crippen LogP contribution in [0, 0.1) is 0 Å². The minimum atomic E-state index is -0.595. The average Bonchev–Trinajstić information content (AvgIpc) is 3.03. The lowest BCUT2D eigenvalue weighted by Crippen LogP contribution is -2.13. The van der Waals surface area contributed by atoms with Gasteiger partial charge in [0.05, 0.1) is 11.4 Å². The first-order valence-electron chi connectivity index (χ1n) is 6.80. The number of aliphatic hydroxyl groups is 1. The van der Waals surface area contributed by atoms with Gasteiger partial charge in [0.2, 0.25) is 0 Å². The summed E-state index contributed by atoms with van der Waals surface area (Å²) in [6.07, 6.45) is 2.27. The number of nitrogens with zero attached hydrogens (tertiary/aromatic N) is 5. The van der Waals surface area contributed by atoms with Crippen LogP contribution in [0.2, 0.25) is 0 Å². The Kier molecular flexibility index (Phi) is 4.31. The first kappa shape index (κ1) is 13.7. The van der Waals surface area contributed by atoms with Crippen molar-refractivity contribution in [1.82, 2.24) is 24.5 Å². The molecule has 0 aromatic carbocycles. The topological polar surface area (TPSA) is 68.8 Å². The van der Waals surface area contributed by atoms with E-state index in [2.05, 4.69) is 22.1 Å². The van der Waals surface area contributed by atoms with E-state index < -0.39 is 6.10 Å². The van der Waals surface area contributed by atoms with Crippen LogP contribution in [0.3, 0.4) is 0 Å². The lowest BCUT2D eigenvalue weighted by Gasteiger charge is -2.12. The van der Waals surface area contributed by atoms with Crippen molar-refractivity contribution in [3.63, 3.8) is 0 Å². The van der Waals surface area contributed by atoms with E-state index in [-0.39, 0.29) is 0 Å². The van der Waals surface area contributed by atoms with E-state index in [1.165, 1.54) is 6.33 Å². The number of hydrogen-bond acceptors (Lipinski definition) is 4. The van der Waals surface area contributed by atoms with Crippen molar-refractivity contribution in [3.8, 4) is 0 Å². The summed E-state index contributed by atoms with van der Waals surface area (Å²) in [6, 6.07) is 1.97. The fraction of sp³-hybridized carbons (Fsp3) is 0.615. The second-order valence-electron chi connectivity index (χ2n) is 4.44. The molecule has 0 radical (unpaired) electrons. The molecular weight excluding hydrogens is 242 g/mol. The van der Waals surface area contributed by atoms with E-state index >= 15 is 0 Å². The lowest BCUT2D eigenvalue weighted by molar-refractivity contribution is 0.163. The fourth-order valence-electron chi connectivity index (χ4n) is 2.17. The molecular formula is C13H21N5O. The minimum absolute atomic E-state index is 0.461. The van der Waals surface area contributed by atoms with Gasteiger partial charge in [0.1, 0.15) is 18.3 Å². The molecule has 6 heteroatoms. The molecule has 0 aliphatic carbocycles. The Morgan fingerprint density at radius 1 is 1.21 bits per heavy atom. The standard InChI is InChI=1S/C13H21N5O/c1-4-10-7-11(17(5-2)16-10)12(19)8-13-14-9-15-18(13)6-3/h7,9,12,19H,4-6,8H2,1-3H3. The molecule has 0 saturated carbocycles. The van der Waals surface area contributed by atoms with Gasteiger partial charge in [-0.05, 0) is 26.3 Å². The first-order valence-corrected chi connectivity index (χ1v) is 6.80. The van der Waals surface area contributed by atoms with Gasteiger partial charge in [-0.3, -0.25) is 9.36 Å². The molecule has 6 nitrogen and oxygen atoms in total. The Labute approximate surface area is 113 Å². The summed E-state index contributed by atoms with van der Waals surface area (Å²) in [5.74, 6) is 0.803. The van der Waals surface area contributed by atoms with E-state index in [9.17, 15) is 5.11 Å². The van der Waals surface area contributed by atoms with Crippen LogP contribution in [0.4, 0.5) is 0 Å². The molecule has 1 atom stereocenters. The molecule has 104 valence electrons. The third-order valence-electron chi connectivity index (χ3n) is 3.24. The van der Waals surface area contributed by atoms with Crippen molar-refractivity contribution in [2.75, 3.05) is 0 Å². The molecule has 0 aliphatic rings. The zero-order valence-electron chi connectivity index (χ0n) is 11.7. The second-order valence-corrected chi connectivity index (χ2v) is 4.44. The smallest absolute Gasteiger partial charge is 0.138 e. The van der Waals surface area contributed by atoms with Crippen molar-refractivity contribution >= 4 is 0 Å². The number of aryl methyl sites for hydroxylation is 3. The molecule has 2 aromatic rings. The summed E-state index contributed by atoms with van der Waals surface area (Å²) in [5.41, 5.74) is 1.86. The summed E-state index contributed by atoms with van der Waals surface area (Å²) in [4.78, 5) is 4.20. The monoisotopic (exact) mass is 263 g/mol. The minimum Gasteiger partial charge on any atom is -0.386 e. The fourth-order valence-corrected chi connectivity index (χ4v) is 2.17. The van der Waals surface area contributed by atoms with Crippen molar-refractivity contribution < 1.29 is 5.11 Å².